The Balaban J connectivity index is 2.72. The van der Waals surface area contributed by atoms with Crippen LogP contribution in [0.4, 0.5) is 8.78 Å². The van der Waals surface area contributed by atoms with Gasteiger partial charge >= 0.3 is 0 Å². The minimum Gasteiger partial charge on any atom is -0.507 e. The third-order valence-electron chi connectivity index (χ3n) is 2.53. The van der Waals surface area contributed by atoms with Crippen molar-refractivity contribution in [3.05, 3.63) is 52.6 Å². The number of aromatic hydroxyl groups is 1. The summed E-state index contributed by atoms with van der Waals surface area (Å²) in [5.74, 6) is -1.45. The second-order valence-electron chi connectivity index (χ2n) is 3.72. The fourth-order valence-electron chi connectivity index (χ4n) is 1.73. The van der Waals surface area contributed by atoms with Gasteiger partial charge in [0.15, 0.2) is 0 Å². The average Bonchev–Trinajstić information content (AvgIpc) is 2.23. The first-order valence-corrected chi connectivity index (χ1v) is 5.31. The smallest absolute Gasteiger partial charge is 0.126 e. The third kappa shape index (κ3) is 2.24. The van der Waals surface area contributed by atoms with Crippen LogP contribution in [-0.4, -0.2) is 5.11 Å². The van der Waals surface area contributed by atoms with Gasteiger partial charge in [0.05, 0.1) is 0 Å². The number of phenols is 1. The van der Waals surface area contributed by atoms with Crippen LogP contribution >= 0.6 is 11.6 Å². The minimum absolute atomic E-state index is 0.0584. The molecule has 0 bridgehead atoms. The summed E-state index contributed by atoms with van der Waals surface area (Å²) in [6.45, 7) is 1.68. The molecule has 0 amide bonds. The summed E-state index contributed by atoms with van der Waals surface area (Å²) in [7, 11) is 0. The fraction of sp³-hybridized carbons (Fsp3) is 0.0769. The van der Waals surface area contributed by atoms with Crippen molar-refractivity contribution in [1.82, 2.24) is 0 Å². The van der Waals surface area contributed by atoms with E-state index in [1.807, 2.05) is 0 Å². The number of phenolic OH excluding ortho intramolecular Hbond substituents is 1. The highest BCUT2D eigenvalue weighted by atomic mass is 35.5. The average molecular weight is 255 g/mol. The van der Waals surface area contributed by atoms with Gasteiger partial charge in [0.2, 0.25) is 0 Å². The van der Waals surface area contributed by atoms with Crippen LogP contribution in [0.2, 0.25) is 5.02 Å². The number of benzene rings is 2. The molecule has 2 aromatic rings. The van der Waals surface area contributed by atoms with Gasteiger partial charge in [0, 0.05) is 16.7 Å². The van der Waals surface area contributed by atoms with E-state index >= 15 is 0 Å². The molecule has 0 aliphatic carbocycles. The van der Waals surface area contributed by atoms with E-state index in [2.05, 4.69) is 0 Å². The predicted octanol–water partition coefficient (Wildman–Crippen LogP) is 4.30. The largest absolute Gasteiger partial charge is 0.507 e. The Hall–Kier alpha value is -1.61. The molecule has 0 aliphatic rings. The van der Waals surface area contributed by atoms with E-state index in [0.717, 1.165) is 18.2 Å². The van der Waals surface area contributed by atoms with Gasteiger partial charge < -0.3 is 5.11 Å². The van der Waals surface area contributed by atoms with Crippen molar-refractivity contribution in [2.24, 2.45) is 0 Å². The van der Waals surface area contributed by atoms with Crippen LogP contribution in [0.1, 0.15) is 5.56 Å². The second-order valence-corrected chi connectivity index (χ2v) is 4.13. The van der Waals surface area contributed by atoms with E-state index in [4.69, 9.17) is 11.6 Å². The molecule has 1 nitrogen and oxygen atoms in total. The van der Waals surface area contributed by atoms with Gasteiger partial charge in [-0.15, -0.1) is 0 Å². The van der Waals surface area contributed by atoms with Gasteiger partial charge in [-0.3, -0.25) is 0 Å². The maximum atomic E-state index is 13.1. The first-order valence-electron chi connectivity index (χ1n) is 4.93. The summed E-state index contributed by atoms with van der Waals surface area (Å²) >= 11 is 5.92. The number of rotatable bonds is 1. The molecule has 0 saturated carbocycles. The molecule has 0 aromatic heterocycles. The second kappa shape index (κ2) is 4.34. The molecular formula is C13H9ClF2O. The summed E-state index contributed by atoms with van der Waals surface area (Å²) in [5, 5.41) is 10.2. The zero-order valence-corrected chi connectivity index (χ0v) is 9.72. The summed E-state index contributed by atoms with van der Waals surface area (Å²) in [6.07, 6.45) is 0. The molecule has 0 fully saturated rings. The monoisotopic (exact) mass is 254 g/mol. The van der Waals surface area contributed by atoms with Crippen LogP contribution in [0.3, 0.4) is 0 Å². The van der Waals surface area contributed by atoms with Crippen molar-refractivity contribution in [1.29, 1.82) is 0 Å². The van der Waals surface area contributed by atoms with Crippen molar-refractivity contribution in [2.45, 2.75) is 6.92 Å². The molecule has 0 saturated heterocycles. The minimum atomic E-state index is -0.696. The molecule has 0 spiro atoms. The Kier molecular flexibility index (Phi) is 3.03. The lowest BCUT2D eigenvalue weighted by Gasteiger charge is -2.10. The fourth-order valence-corrected chi connectivity index (χ4v) is 1.89. The summed E-state index contributed by atoms with van der Waals surface area (Å²) < 4.78 is 26.2. The topological polar surface area (TPSA) is 20.2 Å². The Bertz CT molecular complexity index is 562. The van der Waals surface area contributed by atoms with Crippen LogP contribution in [0.25, 0.3) is 11.1 Å². The molecule has 2 rings (SSSR count). The van der Waals surface area contributed by atoms with Gasteiger partial charge in [0.1, 0.15) is 17.4 Å². The number of halogens is 3. The molecule has 1 N–H and O–H groups in total. The van der Waals surface area contributed by atoms with Crippen LogP contribution in [0.15, 0.2) is 30.3 Å². The van der Waals surface area contributed by atoms with Gasteiger partial charge in [-0.2, -0.15) is 0 Å². The molecule has 88 valence electrons. The highest BCUT2D eigenvalue weighted by Gasteiger charge is 2.12. The summed E-state index contributed by atoms with van der Waals surface area (Å²) in [6, 6.07) is 6.02. The maximum absolute atomic E-state index is 13.1. The van der Waals surface area contributed by atoms with Gasteiger partial charge in [-0.1, -0.05) is 11.6 Å². The van der Waals surface area contributed by atoms with Crippen LogP contribution < -0.4 is 0 Å². The van der Waals surface area contributed by atoms with E-state index in [-0.39, 0.29) is 11.3 Å². The molecule has 0 atom stereocenters. The summed E-state index contributed by atoms with van der Waals surface area (Å²) in [4.78, 5) is 0. The van der Waals surface area contributed by atoms with Crippen molar-refractivity contribution in [2.75, 3.05) is 0 Å². The molecule has 0 unspecified atom stereocenters. The lowest BCUT2D eigenvalue weighted by molar-refractivity contribution is 0.477. The Morgan fingerprint density at radius 3 is 2.24 bits per heavy atom. The summed E-state index contributed by atoms with van der Waals surface area (Å²) in [5.41, 5.74) is 1.19. The zero-order valence-electron chi connectivity index (χ0n) is 8.97. The molecular weight excluding hydrogens is 246 g/mol. The number of hydrogen-bond donors (Lipinski definition) is 1. The lowest BCUT2D eigenvalue weighted by atomic mass is 9.99. The lowest BCUT2D eigenvalue weighted by Crippen LogP contribution is -1.89. The van der Waals surface area contributed by atoms with Crippen LogP contribution in [0, 0.1) is 18.6 Å². The molecule has 17 heavy (non-hydrogen) atoms. The van der Waals surface area contributed by atoms with Crippen molar-refractivity contribution < 1.29 is 13.9 Å². The van der Waals surface area contributed by atoms with Crippen molar-refractivity contribution in [3.8, 4) is 16.9 Å². The van der Waals surface area contributed by atoms with Crippen molar-refractivity contribution in [3.63, 3.8) is 0 Å². The van der Waals surface area contributed by atoms with Crippen LogP contribution in [-0.2, 0) is 0 Å². The predicted molar refractivity (Wildman–Crippen MR) is 63.2 cm³/mol. The van der Waals surface area contributed by atoms with E-state index in [1.54, 1.807) is 6.92 Å². The molecule has 0 aliphatic heterocycles. The first-order chi connectivity index (χ1) is 7.99. The van der Waals surface area contributed by atoms with Gasteiger partial charge in [-0.05, 0) is 42.3 Å². The molecule has 0 heterocycles. The van der Waals surface area contributed by atoms with E-state index in [1.165, 1.54) is 12.1 Å². The Morgan fingerprint density at radius 1 is 1.06 bits per heavy atom. The normalized spacial score (nSPS) is 10.6. The molecule has 0 radical (unpaired) electrons. The highest BCUT2D eigenvalue weighted by molar-refractivity contribution is 6.31. The molecule has 2 aromatic carbocycles. The first kappa shape index (κ1) is 11.9. The van der Waals surface area contributed by atoms with E-state index in [0.29, 0.717) is 16.1 Å². The van der Waals surface area contributed by atoms with Crippen molar-refractivity contribution >= 4 is 11.6 Å². The van der Waals surface area contributed by atoms with E-state index < -0.39 is 11.6 Å². The zero-order chi connectivity index (χ0) is 12.6. The SMILES string of the molecule is Cc1c(Cl)ccc(O)c1-c1cc(F)cc(F)c1. The maximum Gasteiger partial charge on any atom is 0.126 e. The Morgan fingerprint density at radius 2 is 1.65 bits per heavy atom. The molecule has 4 heteroatoms. The van der Waals surface area contributed by atoms with E-state index in [9.17, 15) is 13.9 Å². The Labute approximate surface area is 102 Å². The van der Waals surface area contributed by atoms with Gasteiger partial charge in [-0.25, -0.2) is 8.78 Å². The standard InChI is InChI=1S/C13H9ClF2O/c1-7-11(14)2-3-12(17)13(7)8-4-9(15)6-10(16)5-8/h2-6,17H,1H3. The van der Waals surface area contributed by atoms with Crippen LogP contribution in [0.5, 0.6) is 5.75 Å². The quantitative estimate of drug-likeness (QED) is 0.804. The highest BCUT2D eigenvalue weighted by Crippen LogP contribution is 2.36. The third-order valence-corrected chi connectivity index (χ3v) is 2.94. The van der Waals surface area contributed by atoms with Gasteiger partial charge in [0.25, 0.3) is 0 Å². The number of hydrogen-bond acceptors (Lipinski definition) is 1.